The minimum atomic E-state index is -0.189. The number of nitrogens with zero attached hydrogens (tertiary/aromatic N) is 3. The van der Waals surface area contributed by atoms with E-state index in [0.717, 1.165) is 26.8 Å². The molecule has 128 valence electrons. The summed E-state index contributed by atoms with van der Waals surface area (Å²) in [4.78, 5) is 33.0. The van der Waals surface area contributed by atoms with Crippen LogP contribution in [0, 0.1) is 0 Å². The third-order valence-corrected chi connectivity index (χ3v) is 6.17. The second-order valence-corrected chi connectivity index (χ2v) is 7.93. The molecule has 0 radical (unpaired) electrons. The van der Waals surface area contributed by atoms with E-state index in [1.165, 1.54) is 11.3 Å². The lowest BCUT2D eigenvalue weighted by Crippen LogP contribution is -2.32. The van der Waals surface area contributed by atoms with Crippen molar-refractivity contribution in [2.45, 2.75) is 6.92 Å². The minimum Gasteiger partial charge on any atom is -0.308 e. The first-order valence-electron chi connectivity index (χ1n) is 8.16. The van der Waals surface area contributed by atoms with Crippen LogP contribution in [0.1, 0.15) is 12.5 Å². The van der Waals surface area contributed by atoms with Gasteiger partial charge in [0, 0.05) is 16.6 Å². The van der Waals surface area contributed by atoms with Gasteiger partial charge in [0.25, 0.3) is 11.5 Å². The highest BCUT2D eigenvalue weighted by Gasteiger charge is 2.33. The van der Waals surface area contributed by atoms with Gasteiger partial charge in [-0.3, -0.25) is 9.59 Å². The number of fused-ring (bicyclic) bond motifs is 4. The molecule has 26 heavy (non-hydrogen) atoms. The molecule has 2 aromatic carbocycles. The molecule has 0 atom stereocenters. The van der Waals surface area contributed by atoms with Gasteiger partial charge in [0.15, 0.2) is 4.96 Å². The van der Waals surface area contributed by atoms with Crippen molar-refractivity contribution in [1.29, 1.82) is 0 Å². The summed E-state index contributed by atoms with van der Waals surface area (Å²) in [6.07, 6.45) is 0. The summed E-state index contributed by atoms with van der Waals surface area (Å²) in [5.74, 6) is -0.133. The number of hydrogen-bond donors (Lipinski definition) is 0. The zero-order valence-corrected chi connectivity index (χ0v) is 16.1. The van der Waals surface area contributed by atoms with Crippen molar-refractivity contribution >= 4 is 60.4 Å². The molecular formula is C19H12BrN3O2S. The number of carbonyl (C=O) groups excluding carboxylic acids is 1. The summed E-state index contributed by atoms with van der Waals surface area (Å²) in [7, 11) is 0. The molecule has 0 spiro atoms. The lowest BCUT2D eigenvalue weighted by atomic mass is 10.1. The summed E-state index contributed by atoms with van der Waals surface area (Å²) in [6, 6.07) is 13.2. The van der Waals surface area contributed by atoms with Crippen LogP contribution in [-0.4, -0.2) is 21.8 Å². The Morgan fingerprint density at radius 1 is 1.15 bits per heavy atom. The Morgan fingerprint density at radius 3 is 2.77 bits per heavy atom. The fourth-order valence-electron chi connectivity index (χ4n) is 3.50. The fraction of sp³-hybridized carbons (Fsp3) is 0.105. The first-order chi connectivity index (χ1) is 12.6. The maximum absolute atomic E-state index is 13.2. The molecule has 3 heterocycles. The summed E-state index contributed by atoms with van der Waals surface area (Å²) in [6.45, 7) is 2.48. The zero-order chi connectivity index (χ0) is 18.0. The Labute approximate surface area is 160 Å². The minimum absolute atomic E-state index is 0.133. The highest BCUT2D eigenvalue weighted by Crippen LogP contribution is 2.37. The standard InChI is InChI=1S/C19H12BrN3O2S/c1-2-22-13-8-7-10(20)9-11(13)15(17(22)24)16-18(25)23-14-6-4-3-5-12(14)21-19(23)26-16/h3-9H,2H2,1H3/b16-15-. The molecule has 5 rings (SSSR count). The molecule has 1 aliphatic rings. The number of carbonyl (C=O) groups is 1. The number of rotatable bonds is 1. The number of halogens is 1. The van der Waals surface area contributed by atoms with E-state index in [4.69, 9.17) is 0 Å². The fourth-order valence-corrected chi connectivity index (χ4v) is 4.94. The van der Waals surface area contributed by atoms with E-state index in [0.29, 0.717) is 21.6 Å². The number of hydrogen-bond acceptors (Lipinski definition) is 4. The molecule has 4 aromatic rings. The molecule has 0 aliphatic carbocycles. The van der Waals surface area contributed by atoms with Crippen LogP contribution in [0.4, 0.5) is 5.69 Å². The topological polar surface area (TPSA) is 54.7 Å². The van der Waals surface area contributed by atoms with E-state index >= 15 is 0 Å². The lowest BCUT2D eigenvalue weighted by Gasteiger charge is -2.13. The number of aromatic nitrogens is 2. The van der Waals surface area contributed by atoms with Crippen molar-refractivity contribution in [3.63, 3.8) is 0 Å². The van der Waals surface area contributed by atoms with Gasteiger partial charge in [-0.25, -0.2) is 9.38 Å². The number of para-hydroxylation sites is 2. The predicted molar refractivity (Wildman–Crippen MR) is 107 cm³/mol. The van der Waals surface area contributed by atoms with Gasteiger partial charge in [-0.05, 0) is 37.3 Å². The Hall–Kier alpha value is -2.51. The molecular weight excluding hydrogens is 414 g/mol. The number of amides is 1. The predicted octanol–water partition coefficient (Wildman–Crippen LogP) is 2.96. The van der Waals surface area contributed by atoms with E-state index in [-0.39, 0.29) is 11.5 Å². The second kappa shape index (κ2) is 5.49. The molecule has 0 saturated heterocycles. The van der Waals surface area contributed by atoms with Gasteiger partial charge >= 0.3 is 0 Å². The normalized spacial score (nSPS) is 16.1. The van der Waals surface area contributed by atoms with Crippen LogP contribution in [0.3, 0.4) is 0 Å². The van der Waals surface area contributed by atoms with Crippen molar-refractivity contribution in [2.75, 3.05) is 11.4 Å². The largest absolute Gasteiger partial charge is 0.308 e. The van der Waals surface area contributed by atoms with Gasteiger partial charge in [-0.2, -0.15) is 0 Å². The van der Waals surface area contributed by atoms with Gasteiger partial charge in [0.2, 0.25) is 0 Å². The number of imidazole rings is 1. The molecule has 5 nitrogen and oxygen atoms in total. The summed E-state index contributed by atoms with van der Waals surface area (Å²) in [5.41, 5.74) is 3.45. The lowest BCUT2D eigenvalue weighted by molar-refractivity contribution is -0.113. The van der Waals surface area contributed by atoms with Crippen molar-refractivity contribution in [1.82, 2.24) is 9.38 Å². The Balaban J connectivity index is 1.93. The molecule has 2 aromatic heterocycles. The van der Waals surface area contributed by atoms with E-state index in [2.05, 4.69) is 20.9 Å². The molecule has 0 fully saturated rings. The van der Waals surface area contributed by atoms with E-state index < -0.39 is 0 Å². The van der Waals surface area contributed by atoms with Crippen LogP contribution in [-0.2, 0) is 4.79 Å². The molecule has 0 unspecified atom stereocenters. The zero-order valence-electron chi connectivity index (χ0n) is 13.7. The SMILES string of the molecule is CCN1C(=O)/C(=c2\sc3nc4ccccc4n3c2=O)c2cc(Br)ccc21. The monoisotopic (exact) mass is 425 g/mol. The number of thiazole rings is 1. The van der Waals surface area contributed by atoms with Crippen LogP contribution < -0.4 is 15.0 Å². The Kier molecular flexibility index (Phi) is 3.32. The number of anilines is 1. The molecule has 0 N–H and O–H groups in total. The van der Waals surface area contributed by atoms with Crippen molar-refractivity contribution in [3.05, 3.63) is 67.4 Å². The van der Waals surface area contributed by atoms with Crippen LogP contribution in [0.15, 0.2) is 51.7 Å². The first-order valence-corrected chi connectivity index (χ1v) is 9.77. The maximum atomic E-state index is 13.2. The maximum Gasteiger partial charge on any atom is 0.275 e. The third-order valence-electron chi connectivity index (χ3n) is 4.64. The number of likely N-dealkylation sites (N-methyl/N-ethyl adjacent to an activating group) is 1. The van der Waals surface area contributed by atoms with Crippen molar-refractivity contribution in [3.8, 4) is 0 Å². The highest BCUT2D eigenvalue weighted by molar-refractivity contribution is 9.10. The second-order valence-electron chi connectivity index (χ2n) is 6.04. The van der Waals surface area contributed by atoms with Crippen LogP contribution >= 0.6 is 27.3 Å². The third kappa shape index (κ3) is 1.98. The first kappa shape index (κ1) is 15.7. The van der Waals surface area contributed by atoms with Gasteiger partial charge in [0.05, 0.1) is 22.3 Å². The Morgan fingerprint density at radius 2 is 1.96 bits per heavy atom. The van der Waals surface area contributed by atoms with E-state index in [1.807, 2.05) is 49.4 Å². The number of benzene rings is 2. The average Bonchev–Trinajstić information content (AvgIpc) is 3.23. The van der Waals surface area contributed by atoms with Gasteiger partial charge in [-0.15, -0.1) is 0 Å². The smallest absolute Gasteiger partial charge is 0.275 e. The highest BCUT2D eigenvalue weighted by atomic mass is 79.9. The van der Waals surface area contributed by atoms with Crippen LogP contribution in [0.2, 0.25) is 0 Å². The molecule has 0 bridgehead atoms. The molecule has 1 aliphatic heterocycles. The average molecular weight is 426 g/mol. The van der Waals surface area contributed by atoms with Gasteiger partial charge in [0.1, 0.15) is 4.53 Å². The Bertz CT molecular complexity index is 1340. The van der Waals surface area contributed by atoms with Gasteiger partial charge < -0.3 is 4.90 Å². The van der Waals surface area contributed by atoms with Crippen LogP contribution in [0.25, 0.3) is 21.6 Å². The molecule has 7 heteroatoms. The van der Waals surface area contributed by atoms with Crippen molar-refractivity contribution < 1.29 is 4.79 Å². The summed E-state index contributed by atoms with van der Waals surface area (Å²) < 4.78 is 2.92. The van der Waals surface area contributed by atoms with Crippen molar-refractivity contribution in [2.24, 2.45) is 0 Å². The van der Waals surface area contributed by atoms with Gasteiger partial charge in [-0.1, -0.05) is 39.4 Å². The summed E-state index contributed by atoms with van der Waals surface area (Å²) >= 11 is 4.74. The van der Waals surface area contributed by atoms with E-state index in [9.17, 15) is 9.59 Å². The quantitative estimate of drug-likeness (QED) is 0.471. The summed E-state index contributed by atoms with van der Waals surface area (Å²) in [5, 5.41) is 0. The van der Waals surface area contributed by atoms with E-state index in [1.54, 1.807) is 9.30 Å². The molecule has 0 saturated carbocycles. The molecule has 1 amide bonds. The van der Waals surface area contributed by atoms with Crippen LogP contribution in [0.5, 0.6) is 0 Å².